The summed E-state index contributed by atoms with van der Waals surface area (Å²) in [5.41, 5.74) is 0.871. The maximum atomic E-state index is 13.2. The molecule has 2 N–H and O–H groups in total. The normalized spacial score (nSPS) is 18.8. The molecular formula is C20H22N2O5S. The van der Waals surface area contributed by atoms with Gasteiger partial charge in [-0.2, -0.15) is 0 Å². The largest absolute Gasteiger partial charge is 0.485 e. The van der Waals surface area contributed by atoms with Gasteiger partial charge < -0.3 is 14.4 Å². The molecule has 1 saturated heterocycles. The number of hydrogen-bond acceptors (Lipinski definition) is 5. The third kappa shape index (κ3) is 3.76. The summed E-state index contributed by atoms with van der Waals surface area (Å²) in [5, 5.41) is 5.14. The van der Waals surface area contributed by atoms with Crippen LogP contribution in [0.25, 0.3) is 0 Å². The molecule has 0 aliphatic carbocycles. The molecule has 0 atom stereocenters. The summed E-state index contributed by atoms with van der Waals surface area (Å²) in [6.07, 6.45) is 1.41. The summed E-state index contributed by atoms with van der Waals surface area (Å²) < 4.78 is 34.8. The average Bonchev–Trinajstić information content (AvgIpc) is 2.84. The maximum Gasteiger partial charge on any atom is 0.254 e. The first-order valence-corrected chi connectivity index (χ1v) is 10.7. The lowest BCUT2D eigenvalue weighted by molar-refractivity contribution is -0.0550. The van der Waals surface area contributed by atoms with E-state index < -0.39 is 15.6 Å². The first-order chi connectivity index (χ1) is 13.4. The first kappa shape index (κ1) is 18.9. The Morgan fingerprint density at radius 2 is 1.71 bits per heavy atom. The molecule has 4 rings (SSSR count). The second kappa shape index (κ2) is 7.20. The molecule has 1 spiro atoms. The number of nitrogens with two attached hydrogens (primary N) is 1. The second-order valence-corrected chi connectivity index (χ2v) is 8.80. The molecular weight excluding hydrogens is 380 g/mol. The fourth-order valence-electron chi connectivity index (χ4n) is 3.73. The van der Waals surface area contributed by atoms with E-state index in [0.717, 1.165) is 11.3 Å². The van der Waals surface area contributed by atoms with E-state index in [0.29, 0.717) is 44.7 Å². The fourth-order valence-corrected chi connectivity index (χ4v) is 4.24. The number of sulfonamides is 1. The molecule has 2 heterocycles. The highest BCUT2D eigenvalue weighted by Gasteiger charge is 2.40. The molecule has 1 amide bonds. The molecule has 0 radical (unpaired) electrons. The van der Waals surface area contributed by atoms with Gasteiger partial charge in [0.2, 0.25) is 10.0 Å². The van der Waals surface area contributed by atoms with Crippen LogP contribution in [0.4, 0.5) is 0 Å². The van der Waals surface area contributed by atoms with Crippen molar-refractivity contribution in [3.8, 4) is 5.75 Å². The van der Waals surface area contributed by atoms with Gasteiger partial charge in [-0.25, -0.2) is 13.6 Å². The van der Waals surface area contributed by atoms with E-state index >= 15 is 0 Å². The second-order valence-electron chi connectivity index (χ2n) is 7.24. The predicted molar refractivity (Wildman–Crippen MR) is 102 cm³/mol. The smallest absolute Gasteiger partial charge is 0.254 e. The molecule has 148 valence electrons. The van der Waals surface area contributed by atoms with Crippen molar-refractivity contribution in [2.75, 3.05) is 19.8 Å². The van der Waals surface area contributed by atoms with Gasteiger partial charge in [0.05, 0.1) is 24.7 Å². The highest BCUT2D eigenvalue weighted by molar-refractivity contribution is 7.89. The highest BCUT2D eigenvalue weighted by Crippen LogP contribution is 2.35. The molecule has 0 bridgehead atoms. The van der Waals surface area contributed by atoms with Gasteiger partial charge in [0, 0.05) is 30.5 Å². The Morgan fingerprint density at radius 1 is 1.04 bits per heavy atom. The number of benzene rings is 2. The minimum Gasteiger partial charge on any atom is -0.485 e. The molecule has 8 heteroatoms. The zero-order valence-corrected chi connectivity index (χ0v) is 16.2. The molecule has 28 heavy (non-hydrogen) atoms. The summed E-state index contributed by atoms with van der Waals surface area (Å²) >= 11 is 0. The number of para-hydroxylation sites is 1. The zero-order valence-electron chi connectivity index (χ0n) is 15.3. The lowest BCUT2D eigenvalue weighted by Crippen LogP contribution is -2.50. The van der Waals surface area contributed by atoms with Gasteiger partial charge in [0.15, 0.2) is 0 Å². The molecule has 2 aliphatic heterocycles. The SMILES string of the molecule is NS(=O)(=O)c1ccc(C(=O)N2Cc3ccccc3OC3(CCOCC3)C2)cc1. The van der Waals surface area contributed by atoms with Crippen molar-refractivity contribution >= 4 is 15.9 Å². The van der Waals surface area contributed by atoms with Gasteiger partial charge in [0.1, 0.15) is 11.4 Å². The van der Waals surface area contributed by atoms with Crippen LogP contribution in [0.2, 0.25) is 0 Å². The zero-order chi connectivity index (χ0) is 19.8. The number of fused-ring (bicyclic) bond motifs is 1. The number of nitrogens with zero attached hydrogens (tertiary/aromatic N) is 1. The Morgan fingerprint density at radius 3 is 2.39 bits per heavy atom. The van der Waals surface area contributed by atoms with Crippen LogP contribution in [-0.4, -0.2) is 44.6 Å². The van der Waals surface area contributed by atoms with E-state index in [4.69, 9.17) is 14.6 Å². The summed E-state index contributed by atoms with van der Waals surface area (Å²) in [5.74, 6) is 0.622. The van der Waals surface area contributed by atoms with Crippen molar-refractivity contribution < 1.29 is 22.7 Å². The molecule has 0 aromatic heterocycles. The highest BCUT2D eigenvalue weighted by atomic mass is 32.2. The van der Waals surface area contributed by atoms with E-state index in [1.54, 1.807) is 4.90 Å². The van der Waals surface area contributed by atoms with E-state index in [-0.39, 0.29) is 10.8 Å². The Kier molecular flexibility index (Phi) is 4.86. The van der Waals surface area contributed by atoms with E-state index in [2.05, 4.69) is 0 Å². The monoisotopic (exact) mass is 402 g/mol. The third-order valence-corrected chi connectivity index (χ3v) is 6.19. The Hall–Kier alpha value is -2.42. The Balaban J connectivity index is 1.66. The molecule has 0 saturated carbocycles. The predicted octanol–water partition coefficient (Wildman–Crippen LogP) is 1.92. The van der Waals surface area contributed by atoms with Gasteiger partial charge in [-0.15, -0.1) is 0 Å². The van der Waals surface area contributed by atoms with Gasteiger partial charge in [0.25, 0.3) is 5.91 Å². The van der Waals surface area contributed by atoms with Crippen LogP contribution in [0, 0.1) is 0 Å². The minimum atomic E-state index is -3.80. The molecule has 2 aromatic carbocycles. The number of hydrogen-bond donors (Lipinski definition) is 1. The summed E-state index contributed by atoms with van der Waals surface area (Å²) in [7, 11) is -3.80. The van der Waals surface area contributed by atoms with Gasteiger partial charge in [-0.1, -0.05) is 18.2 Å². The number of amides is 1. The van der Waals surface area contributed by atoms with Gasteiger partial charge in [-0.3, -0.25) is 4.79 Å². The van der Waals surface area contributed by atoms with Crippen LogP contribution in [0.5, 0.6) is 5.75 Å². The topological polar surface area (TPSA) is 98.9 Å². The quantitative estimate of drug-likeness (QED) is 0.827. The maximum absolute atomic E-state index is 13.2. The number of carbonyl (C=O) groups is 1. The summed E-state index contributed by atoms with van der Waals surface area (Å²) in [6.45, 7) is 2.05. The standard InChI is InChI=1S/C20H22N2O5S/c21-28(24,25)17-7-5-15(6-8-17)19(23)22-13-16-3-1-2-4-18(16)27-20(14-22)9-11-26-12-10-20/h1-8H,9-14H2,(H2,21,24,25). The van der Waals surface area contributed by atoms with Crippen LogP contribution in [0.1, 0.15) is 28.8 Å². The van der Waals surface area contributed by atoms with E-state index in [1.165, 1.54) is 24.3 Å². The average molecular weight is 402 g/mol. The van der Waals surface area contributed by atoms with E-state index in [1.807, 2.05) is 24.3 Å². The molecule has 2 aromatic rings. The van der Waals surface area contributed by atoms with Crippen LogP contribution in [0.15, 0.2) is 53.4 Å². The van der Waals surface area contributed by atoms with Crippen molar-refractivity contribution in [3.05, 3.63) is 59.7 Å². The Labute approximate surface area is 164 Å². The van der Waals surface area contributed by atoms with Crippen molar-refractivity contribution in [1.29, 1.82) is 0 Å². The van der Waals surface area contributed by atoms with Crippen LogP contribution in [0.3, 0.4) is 0 Å². The molecule has 7 nitrogen and oxygen atoms in total. The molecule has 2 aliphatic rings. The number of carbonyl (C=O) groups excluding carboxylic acids is 1. The first-order valence-electron chi connectivity index (χ1n) is 9.13. The van der Waals surface area contributed by atoms with Crippen molar-refractivity contribution in [1.82, 2.24) is 4.90 Å². The summed E-state index contributed by atoms with van der Waals surface area (Å²) in [6, 6.07) is 13.4. The van der Waals surface area contributed by atoms with Gasteiger partial charge >= 0.3 is 0 Å². The van der Waals surface area contributed by atoms with Gasteiger partial charge in [-0.05, 0) is 30.3 Å². The van der Waals surface area contributed by atoms with Crippen molar-refractivity contribution in [2.45, 2.75) is 29.9 Å². The summed E-state index contributed by atoms with van der Waals surface area (Å²) in [4.78, 5) is 15.0. The van der Waals surface area contributed by atoms with Crippen LogP contribution < -0.4 is 9.88 Å². The molecule has 1 fully saturated rings. The number of ether oxygens (including phenoxy) is 2. The minimum absolute atomic E-state index is 0.0190. The van der Waals surface area contributed by atoms with Crippen molar-refractivity contribution in [2.24, 2.45) is 5.14 Å². The van der Waals surface area contributed by atoms with Crippen LogP contribution in [-0.2, 0) is 21.3 Å². The van der Waals surface area contributed by atoms with Crippen molar-refractivity contribution in [3.63, 3.8) is 0 Å². The molecule has 0 unspecified atom stereocenters. The van der Waals surface area contributed by atoms with Crippen LogP contribution >= 0.6 is 0 Å². The Bertz CT molecular complexity index is 982. The lowest BCUT2D eigenvalue weighted by Gasteiger charge is -2.38. The lowest BCUT2D eigenvalue weighted by atomic mass is 9.93. The van der Waals surface area contributed by atoms with E-state index in [9.17, 15) is 13.2 Å². The number of rotatable bonds is 2. The fraction of sp³-hybridized carbons (Fsp3) is 0.350. The third-order valence-electron chi connectivity index (χ3n) is 5.26. The number of primary sulfonamides is 1.